The van der Waals surface area contributed by atoms with E-state index in [0.717, 1.165) is 44.3 Å². The fraction of sp³-hybridized carbons (Fsp3) is 0.667. The highest BCUT2D eigenvalue weighted by atomic mass is 32.2. The molecule has 1 aromatic rings. The minimum atomic E-state index is -0.612. The zero-order valence-electron chi connectivity index (χ0n) is 15.6. The average molecular weight is 367 g/mol. The molecule has 0 bridgehead atoms. The summed E-state index contributed by atoms with van der Waals surface area (Å²) in [4.78, 5) is 11.2. The van der Waals surface area contributed by atoms with E-state index >= 15 is 0 Å². The van der Waals surface area contributed by atoms with Crippen LogP contribution in [-0.4, -0.2) is 21.9 Å². The fourth-order valence-corrected chi connectivity index (χ4v) is 3.91. The van der Waals surface area contributed by atoms with Gasteiger partial charge in [0.1, 0.15) is 5.75 Å². The lowest BCUT2D eigenvalue weighted by Gasteiger charge is -2.11. The predicted molar refractivity (Wildman–Crippen MR) is 107 cm³/mol. The first kappa shape index (κ1) is 21.9. The average Bonchev–Trinajstić information content (AvgIpc) is 2.60. The zero-order valence-corrected chi connectivity index (χ0v) is 16.4. The van der Waals surface area contributed by atoms with Gasteiger partial charge in [-0.15, -0.1) is 0 Å². The van der Waals surface area contributed by atoms with Crippen molar-refractivity contribution < 1.29 is 15.0 Å². The molecular weight excluding hydrogens is 332 g/mol. The van der Waals surface area contributed by atoms with Gasteiger partial charge in [0.15, 0.2) is 0 Å². The van der Waals surface area contributed by atoms with Gasteiger partial charge in [-0.1, -0.05) is 64.0 Å². The summed E-state index contributed by atoms with van der Waals surface area (Å²) in [5, 5.41) is 18.5. The van der Waals surface area contributed by atoms with Gasteiger partial charge in [-0.3, -0.25) is 4.79 Å². The summed E-state index contributed by atoms with van der Waals surface area (Å²) in [5.74, 6) is 1.78. The van der Waals surface area contributed by atoms with Crippen LogP contribution in [0.15, 0.2) is 24.3 Å². The van der Waals surface area contributed by atoms with Gasteiger partial charge in [-0.2, -0.15) is 11.8 Å². The number of hydrogen-bond acceptors (Lipinski definition) is 3. The van der Waals surface area contributed by atoms with E-state index in [1.165, 1.54) is 37.0 Å². The van der Waals surface area contributed by atoms with Crippen molar-refractivity contribution in [1.29, 1.82) is 0 Å². The highest BCUT2D eigenvalue weighted by molar-refractivity contribution is 7.98. The number of hydrogen-bond donors (Lipinski definition) is 2. The highest BCUT2D eigenvalue weighted by Crippen LogP contribution is 2.19. The molecule has 0 aliphatic rings. The fourth-order valence-electron chi connectivity index (χ4n) is 2.93. The molecule has 0 heterocycles. The normalized spacial score (nSPS) is 12.2. The molecular formula is C21H34O3S. The summed E-state index contributed by atoms with van der Waals surface area (Å²) < 4.78 is 0. The van der Waals surface area contributed by atoms with Crippen molar-refractivity contribution in [2.45, 2.75) is 76.9 Å². The second-order valence-corrected chi connectivity index (χ2v) is 7.91. The molecule has 0 aliphatic heterocycles. The predicted octanol–water partition coefficient (Wildman–Crippen LogP) is 6.25. The quantitative estimate of drug-likeness (QED) is 0.360. The number of thioether (sulfide) groups is 1. The lowest BCUT2D eigenvalue weighted by molar-refractivity contribution is -0.142. The van der Waals surface area contributed by atoms with Crippen LogP contribution in [0.4, 0.5) is 0 Å². The Kier molecular flexibility index (Phi) is 12.3. The van der Waals surface area contributed by atoms with Crippen molar-refractivity contribution in [3.63, 3.8) is 0 Å². The standard InChI is InChI=1S/C21H34O3S/c1-2-3-10-19(21(23)24)11-8-6-4-5-7-9-16-25-17-18-12-14-20(22)15-13-18/h12-15,19,22H,2-11,16-17H2,1H3,(H,23,24). The van der Waals surface area contributed by atoms with Crippen molar-refractivity contribution in [2.75, 3.05) is 5.75 Å². The van der Waals surface area contributed by atoms with E-state index < -0.39 is 5.97 Å². The molecule has 0 aromatic heterocycles. The number of aromatic hydroxyl groups is 1. The van der Waals surface area contributed by atoms with Crippen molar-refractivity contribution in [1.82, 2.24) is 0 Å². The topological polar surface area (TPSA) is 57.5 Å². The monoisotopic (exact) mass is 366 g/mol. The van der Waals surface area contributed by atoms with Gasteiger partial charge in [-0.25, -0.2) is 0 Å². The molecule has 0 saturated heterocycles. The van der Waals surface area contributed by atoms with Gasteiger partial charge >= 0.3 is 5.97 Å². The molecule has 1 aromatic carbocycles. The Balaban J connectivity index is 1.92. The molecule has 1 rings (SSSR count). The molecule has 0 saturated carbocycles. The Morgan fingerprint density at radius 1 is 0.960 bits per heavy atom. The number of unbranched alkanes of at least 4 members (excludes halogenated alkanes) is 6. The first-order chi connectivity index (χ1) is 12.1. The van der Waals surface area contributed by atoms with Gasteiger partial charge in [0.25, 0.3) is 0 Å². The van der Waals surface area contributed by atoms with Gasteiger partial charge in [-0.05, 0) is 42.7 Å². The van der Waals surface area contributed by atoms with Crippen LogP contribution in [0.2, 0.25) is 0 Å². The third kappa shape index (κ3) is 11.1. The number of carboxylic acid groups (broad SMARTS) is 1. The minimum absolute atomic E-state index is 0.128. The molecule has 0 amide bonds. The van der Waals surface area contributed by atoms with E-state index in [4.69, 9.17) is 0 Å². The van der Waals surface area contributed by atoms with Crippen LogP contribution in [0, 0.1) is 5.92 Å². The van der Waals surface area contributed by atoms with E-state index in [9.17, 15) is 15.0 Å². The molecule has 25 heavy (non-hydrogen) atoms. The number of aliphatic carboxylic acids is 1. The SMILES string of the molecule is CCCCC(CCCCCCCCSCc1ccc(O)cc1)C(=O)O. The first-order valence-electron chi connectivity index (χ1n) is 9.72. The third-order valence-electron chi connectivity index (χ3n) is 4.55. The summed E-state index contributed by atoms with van der Waals surface area (Å²) in [6.07, 6.45) is 11.0. The molecule has 0 radical (unpaired) electrons. The highest BCUT2D eigenvalue weighted by Gasteiger charge is 2.15. The maximum atomic E-state index is 11.2. The van der Waals surface area contributed by atoms with E-state index in [-0.39, 0.29) is 5.92 Å². The van der Waals surface area contributed by atoms with E-state index in [1.54, 1.807) is 12.1 Å². The number of carbonyl (C=O) groups is 1. The van der Waals surface area contributed by atoms with Crippen LogP contribution < -0.4 is 0 Å². The molecule has 2 N–H and O–H groups in total. The second-order valence-electron chi connectivity index (χ2n) is 6.81. The lowest BCUT2D eigenvalue weighted by Crippen LogP contribution is -2.13. The number of benzene rings is 1. The summed E-state index contributed by atoms with van der Waals surface area (Å²) >= 11 is 1.95. The molecule has 3 nitrogen and oxygen atoms in total. The molecule has 0 spiro atoms. The number of carboxylic acids is 1. The summed E-state index contributed by atoms with van der Waals surface area (Å²) in [6, 6.07) is 7.45. The minimum Gasteiger partial charge on any atom is -0.508 e. The summed E-state index contributed by atoms with van der Waals surface area (Å²) in [7, 11) is 0. The molecule has 1 atom stereocenters. The van der Waals surface area contributed by atoms with Crippen molar-refractivity contribution in [3.8, 4) is 5.75 Å². The van der Waals surface area contributed by atoms with Crippen molar-refractivity contribution >= 4 is 17.7 Å². The van der Waals surface area contributed by atoms with Crippen LogP contribution in [0.5, 0.6) is 5.75 Å². The van der Waals surface area contributed by atoms with Crippen LogP contribution in [0.3, 0.4) is 0 Å². The van der Waals surface area contributed by atoms with E-state index in [2.05, 4.69) is 6.92 Å². The van der Waals surface area contributed by atoms with Gasteiger partial charge in [0, 0.05) is 5.75 Å². The molecule has 0 aliphatic carbocycles. The largest absolute Gasteiger partial charge is 0.508 e. The maximum absolute atomic E-state index is 11.2. The summed E-state index contributed by atoms with van der Waals surface area (Å²) in [6.45, 7) is 2.11. The third-order valence-corrected chi connectivity index (χ3v) is 5.67. The molecule has 142 valence electrons. The van der Waals surface area contributed by atoms with Crippen LogP contribution in [0.1, 0.15) is 76.7 Å². The lowest BCUT2D eigenvalue weighted by atomic mass is 9.95. The number of rotatable bonds is 15. The Bertz CT molecular complexity index is 459. The molecule has 4 heteroatoms. The zero-order chi connectivity index (χ0) is 18.3. The van der Waals surface area contributed by atoms with E-state index in [1.807, 2.05) is 23.9 Å². The van der Waals surface area contributed by atoms with Crippen LogP contribution in [-0.2, 0) is 10.5 Å². The van der Waals surface area contributed by atoms with Crippen LogP contribution >= 0.6 is 11.8 Å². The Morgan fingerprint density at radius 2 is 1.56 bits per heavy atom. The van der Waals surface area contributed by atoms with Crippen molar-refractivity contribution in [3.05, 3.63) is 29.8 Å². The summed E-state index contributed by atoms with van der Waals surface area (Å²) in [5.41, 5.74) is 1.26. The first-order valence-corrected chi connectivity index (χ1v) is 10.9. The Hall–Kier alpha value is -1.16. The van der Waals surface area contributed by atoms with E-state index in [0.29, 0.717) is 5.75 Å². The Labute approximate surface area is 157 Å². The van der Waals surface area contributed by atoms with Gasteiger partial charge in [0.2, 0.25) is 0 Å². The number of phenols is 1. The maximum Gasteiger partial charge on any atom is 0.306 e. The molecule has 0 fully saturated rings. The molecule has 1 unspecified atom stereocenters. The Morgan fingerprint density at radius 3 is 2.20 bits per heavy atom. The van der Waals surface area contributed by atoms with Crippen LogP contribution in [0.25, 0.3) is 0 Å². The number of phenolic OH excluding ortho intramolecular Hbond substituents is 1. The van der Waals surface area contributed by atoms with Crippen molar-refractivity contribution in [2.24, 2.45) is 5.92 Å². The van der Waals surface area contributed by atoms with Gasteiger partial charge < -0.3 is 10.2 Å². The second kappa shape index (κ2) is 14.1. The smallest absolute Gasteiger partial charge is 0.306 e. The van der Waals surface area contributed by atoms with Gasteiger partial charge in [0.05, 0.1) is 5.92 Å².